The Morgan fingerprint density at radius 1 is 1.08 bits per heavy atom. The summed E-state index contributed by atoms with van der Waals surface area (Å²) in [6.45, 7) is 11.9. The quantitative estimate of drug-likeness (QED) is 0.606. The van der Waals surface area contributed by atoms with Crippen LogP contribution in [-0.4, -0.2) is 4.98 Å². The first-order valence-corrected chi connectivity index (χ1v) is 5.16. The fraction of sp³-hybridized carbons (Fsp3) is 0.545. The lowest BCUT2D eigenvalue weighted by atomic mass is 10.3. The smallest absolute Gasteiger partial charge is 0.0621 e. The summed E-state index contributed by atoms with van der Waals surface area (Å²) in [5, 5.41) is 0.745. The van der Waals surface area contributed by atoms with Crippen molar-refractivity contribution in [3.8, 4) is 0 Å². The summed E-state index contributed by atoms with van der Waals surface area (Å²) >= 11 is 5.75. The molecular weight excluding hydrogens is 182 g/mol. The first-order chi connectivity index (χ1) is 6.20. The highest BCUT2D eigenvalue weighted by Crippen LogP contribution is 2.12. The van der Waals surface area contributed by atoms with Gasteiger partial charge in [-0.2, -0.15) is 0 Å². The lowest BCUT2D eigenvalue weighted by Crippen LogP contribution is -1.82. The van der Waals surface area contributed by atoms with Crippen LogP contribution < -0.4 is 0 Å². The van der Waals surface area contributed by atoms with Crippen LogP contribution in [0, 0.1) is 13.8 Å². The van der Waals surface area contributed by atoms with E-state index in [2.05, 4.69) is 4.98 Å². The molecule has 0 amide bonds. The number of aromatic nitrogens is 1. The number of hydrogen-bond acceptors (Lipinski definition) is 1. The van der Waals surface area contributed by atoms with Gasteiger partial charge in [0.1, 0.15) is 0 Å². The van der Waals surface area contributed by atoms with E-state index in [0.717, 1.165) is 16.3 Å². The molecule has 0 spiro atoms. The van der Waals surface area contributed by atoms with E-state index in [4.69, 9.17) is 11.6 Å². The van der Waals surface area contributed by atoms with Gasteiger partial charge < -0.3 is 0 Å². The molecule has 0 saturated heterocycles. The molecule has 1 aromatic rings. The maximum atomic E-state index is 5.75. The number of aryl methyl sites for hydroxylation is 2. The van der Waals surface area contributed by atoms with Gasteiger partial charge in [0, 0.05) is 6.20 Å². The Kier molecular flexibility index (Phi) is 10.9. The van der Waals surface area contributed by atoms with Crippen molar-refractivity contribution < 1.29 is 0 Å². The molecule has 2 heteroatoms. The Morgan fingerprint density at radius 2 is 1.54 bits per heavy atom. The van der Waals surface area contributed by atoms with Crippen molar-refractivity contribution in [2.75, 3.05) is 0 Å². The van der Waals surface area contributed by atoms with Crippen LogP contribution in [0.3, 0.4) is 0 Å². The second-order valence-corrected chi connectivity index (χ2v) is 2.49. The molecule has 0 N–H and O–H groups in total. The monoisotopic (exact) mass is 201 g/mol. The standard InChI is InChI=1S/C7H8ClN.2C2H6/c1-5-3-7(8)6(2)9-4-5;2*1-2/h3-4H,1-2H3;2*1-2H3. The largest absolute Gasteiger partial charge is 0.260 e. The maximum absolute atomic E-state index is 5.75. The summed E-state index contributed by atoms with van der Waals surface area (Å²) < 4.78 is 0. The highest BCUT2D eigenvalue weighted by atomic mass is 35.5. The lowest BCUT2D eigenvalue weighted by Gasteiger charge is -1.95. The first kappa shape index (κ1) is 14.9. The average Bonchev–Trinajstić information content (AvgIpc) is 2.18. The topological polar surface area (TPSA) is 12.9 Å². The van der Waals surface area contributed by atoms with E-state index in [0.29, 0.717) is 0 Å². The van der Waals surface area contributed by atoms with Crippen molar-refractivity contribution >= 4 is 11.6 Å². The van der Waals surface area contributed by atoms with E-state index in [1.165, 1.54) is 0 Å². The van der Waals surface area contributed by atoms with Gasteiger partial charge in [-0.25, -0.2) is 0 Å². The van der Waals surface area contributed by atoms with Crippen molar-refractivity contribution in [3.05, 3.63) is 28.5 Å². The third-order valence-electron chi connectivity index (χ3n) is 1.16. The third-order valence-corrected chi connectivity index (χ3v) is 1.54. The second-order valence-electron chi connectivity index (χ2n) is 2.08. The Morgan fingerprint density at radius 3 is 1.85 bits per heavy atom. The van der Waals surface area contributed by atoms with Gasteiger partial charge >= 0.3 is 0 Å². The summed E-state index contributed by atoms with van der Waals surface area (Å²) in [4.78, 5) is 4.05. The zero-order chi connectivity index (χ0) is 10.9. The van der Waals surface area contributed by atoms with Crippen LogP contribution in [0.15, 0.2) is 12.3 Å². The minimum Gasteiger partial charge on any atom is -0.260 e. The predicted octanol–water partition coefficient (Wildman–Crippen LogP) is 4.40. The van der Waals surface area contributed by atoms with Gasteiger partial charge in [-0.3, -0.25) is 4.98 Å². The molecule has 0 aliphatic heterocycles. The van der Waals surface area contributed by atoms with Crippen LogP contribution in [0.2, 0.25) is 5.02 Å². The SMILES string of the molecule is CC.CC.Cc1cnc(C)c(Cl)c1. The molecule has 0 fully saturated rings. The molecule has 0 atom stereocenters. The van der Waals surface area contributed by atoms with E-state index in [1.807, 2.05) is 47.6 Å². The molecular formula is C11H20ClN. The van der Waals surface area contributed by atoms with E-state index >= 15 is 0 Å². The minimum absolute atomic E-state index is 0.745. The highest BCUT2D eigenvalue weighted by molar-refractivity contribution is 6.31. The van der Waals surface area contributed by atoms with Gasteiger partial charge in [-0.1, -0.05) is 39.3 Å². The lowest BCUT2D eigenvalue weighted by molar-refractivity contribution is 1.17. The molecule has 1 rings (SSSR count). The van der Waals surface area contributed by atoms with E-state index in [-0.39, 0.29) is 0 Å². The molecule has 0 aliphatic rings. The fourth-order valence-corrected chi connectivity index (χ4v) is 0.823. The number of pyridine rings is 1. The van der Waals surface area contributed by atoms with Crippen molar-refractivity contribution in [1.82, 2.24) is 4.98 Å². The van der Waals surface area contributed by atoms with E-state index in [9.17, 15) is 0 Å². The van der Waals surface area contributed by atoms with Gasteiger partial charge in [-0.05, 0) is 25.5 Å². The average molecular weight is 202 g/mol. The Balaban J connectivity index is 0. The molecule has 0 unspecified atom stereocenters. The molecule has 13 heavy (non-hydrogen) atoms. The highest BCUT2D eigenvalue weighted by Gasteiger charge is 1.92. The van der Waals surface area contributed by atoms with Crippen LogP contribution >= 0.6 is 11.6 Å². The van der Waals surface area contributed by atoms with Gasteiger partial charge in [0.25, 0.3) is 0 Å². The third kappa shape index (κ3) is 6.59. The van der Waals surface area contributed by atoms with Crippen molar-refractivity contribution in [3.63, 3.8) is 0 Å². The summed E-state index contributed by atoms with van der Waals surface area (Å²) in [5.74, 6) is 0. The molecule has 0 aromatic carbocycles. The zero-order valence-corrected chi connectivity index (χ0v) is 10.2. The van der Waals surface area contributed by atoms with E-state index in [1.54, 1.807) is 6.20 Å². The Bertz CT molecular complexity index is 221. The summed E-state index contributed by atoms with van der Waals surface area (Å²) in [5.41, 5.74) is 1.99. The van der Waals surface area contributed by atoms with Gasteiger partial charge in [-0.15, -0.1) is 0 Å². The van der Waals surface area contributed by atoms with E-state index < -0.39 is 0 Å². The normalized spacial score (nSPS) is 7.62. The van der Waals surface area contributed by atoms with Gasteiger partial charge in [0.2, 0.25) is 0 Å². The molecule has 0 aliphatic carbocycles. The minimum atomic E-state index is 0.745. The molecule has 0 saturated carbocycles. The van der Waals surface area contributed by atoms with Crippen LogP contribution in [0.1, 0.15) is 39.0 Å². The number of hydrogen-bond donors (Lipinski definition) is 0. The summed E-state index contributed by atoms with van der Waals surface area (Å²) in [6, 6.07) is 1.91. The van der Waals surface area contributed by atoms with Crippen LogP contribution in [0.4, 0.5) is 0 Å². The number of nitrogens with zero attached hydrogens (tertiary/aromatic N) is 1. The predicted molar refractivity (Wildman–Crippen MR) is 61.4 cm³/mol. The summed E-state index contributed by atoms with van der Waals surface area (Å²) in [7, 11) is 0. The molecule has 76 valence electrons. The molecule has 1 heterocycles. The zero-order valence-electron chi connectivity index (χ0n) is 9.48. The Labute approximate surface area is 87.2 Å². The van der Waals surface area contributed by atoms with Crippen molar-refractivity contribution in [2.45, 2.75) is 41.5 Å². The molecule has 0 bridgehead atoms. The maximum Gasteiger partial charge on any atom is 0.0621 e. The van der Waals surface area contributed by atoms with Crippen molar-refractivity contribution in [2.24, 2.45) is 0 Å². The van der Waals surface area contributed by atoms with Crippen LogP contribution in [-0.2, 0) is 0 Å². The Hall–Kier alpha value is -0.560. The molecule has 1 aromatic heterocycles. The van der Waals surface area contributed by atoms with Crippen LogP contribution in [0.5, 0.6) is 0 Å². The fourth-order valence-electron chi connectivity index (χ4n) is 0.602. The first-order valence-electron chi connectivity index (χ1n) is 4.79. The molecule has 1 nitrogen and oxygen atoms in total. The molecule has 0 radical (unpaired) electrons. The van der Waals surface area contributed by atoms with Crippen molar-refractivity contribution in [1.29, 1.82) is 0 Å². The van der Waals surface area contributed by atoms with Crippen LogP contribution in [0.25, 0.3) is 0 Å². The number of halogens is 1. The van der Waals surface area contributed by atoms with Gasteiger partial charge in [0.05, 0.1) is 10.7 Å². The summed E-state index contributed by atoms with van der Waals surface area (Å²) in [6.07, 6.45) is 1.81. The second kappa shape index (κ2) is 9.53. The van der Waals surface area contributed by atoms with Gasteiger partial charge in [0.15, 0.2) is 0 Å². The number of rotatable bonds is 0.